The summed E-state index contributed by atoms with van der Waals surface area (Å²) in [6.07, 6.45) is 18.1. The van der Waals surface area contributed by atoms with E-state index < -0.39 is 0 Å². The van der Waals surface area contributed by atoms with Crippen LogP contribution in [0.25, 0.3) is 0 Å². The first-order chi connectivity index (χ1) is 15.1. The van der Waals surface area contributed by atoms with E-state index in [0.29, 0.717) is 19.1 Å². The molecule has 1 N–H and O–H groups in total. The molecule has 0 amide bonds. The van der Waals surface area contributed by atoms with Crippen molar-refractivity contribution in [3.8, 4) is 0 Å². The summed E-state index contributed by atoms with van der Waals surface area (Å²) >= 11 is 0. The van der Waals surface area contributed by atoms with Gasteiger partial charge in [0.15, 0.2) is 0 Å². The van der Waals surface area contributed by atoms with Crippen molar-refractivity contribution in [2.24, 2.45) is 0 Å². The molecule has 0 bridgehead atoms. The monoisotopic (exact) mass is 439 g/mol. The molecule has 1 unspecified atom stereocenters. The minimum Gasteiger partial charge on any atom is -0.466 e. The van der Waals surface area contributed by atoms with Crippen molar-refractivity contribution in [2.75, 3.05) is 53.4 Å². The number of unbranched alkanes of at least 4 members (excludes halogenated alkanes) is 10. The van der Waals surface area contributed by atoms with Gasteiger partial charge in [0.25, 0.3) is 0 Å². The molecule has 0 aliphatic carbocycles. The van der Waals surface area contributed by atoms with Gasteiger partial charge in [-0.2, -0.15) is 0 Å². The average molecular weight is 440 g/mol. The summed E-state index contributed by atoms with van der Waals surface area (Å²) in [5, 5.41) is 3.70. The Morgan fingerprint density at radius 1 is 0.935 bits per heavy atom. The number of hydrogen-bond acceptors (Lipinski definition) is 5. The highest BCUT2D eigenvalue weighted by Gasteiger charge is 2.21. The lowest BCUT2D eigenvalue weighted by Gasteiger charge is -2.17. The Kier molecular flexibility index (Phi) is 18.3. The van der Waals surface area contributed by atoms with E-state index in [1.807, 2.05) is 0 Å². The van der Waals surface area contributed by atoms with Gasteiger partial charge in [0.2, 0.25) is 0 Å². The van der Waals surface area contributed by atoms with Crippen molar-refractivity contribution < 1.29 is 9.53 Å². The van der Waals surface area contributed by atoms with Crippen LogP contribution >= 0.6 is 0 Å². The molecule has 1 atom stereocenters. The fourth-order valence-corrected chi connectivity index (χ4v) is 4.36. The summed E-state index contributed by atoms with van der Waals surface area (Å²) in [6, 6.07) is 0.665. The third-order valence-electron chi connectivity index (χ3n) is 6.35. The van der Waals surface area contributed by atoms with Gasteiger partial charge in [-0.1, -0.05) is 64.7 Å². The number of likely N-dealkylation sites (tertiary alicyclic amines) is 1. The molecule has 1 aliphatic rings. The number of hydrogen-bond donors (Lipinski definition) is 1. The van der Waals surface area contributed by atoms with Crippen molar-refractivity contribution in [1.29, 1.82) is 0 Å². The van der Waals surface area contributed by atoms with E-state index in [1.54, 1.807) is 0 Å². The second-order valence-electron chi connectivity index (χ2n) is 9.76. The molecule has 0 aromatic carbocycles. The van der Waals surface area contributed by atoms with Crippen molar-refractivity contribution in [3.63, 3.8) is 0 Å². The molecule has 1 heterocycles. The van der Waals surface area contributed by atoms with Crippen molar-refractivity contribution in [1.82, 2.24) is 15.1 Å². The number of nitrogens with one attached hydrogen (secondary N) is 1. The molecule has 184 valence electrons. The standard InChI is InChI=1S/C26H53N3O2/c1-4-5-6-7-8-9-10-11-15-23-31-26(30)17-13-12-14-21-29-22-18-25(24-29)27-19-16-20-28(2)3/h25,27H,4-24H2,1-3H3. The van der Waals surface area contributed by atoms with Crippen LogP contribution in [0.4, 0.5) is 0 Å². The van der Waals surface area contributed by atoms with Gasteiger partial charge >= 0.3 is 5.97 Å². The fraction of sp³-hybridized carbons (Fsp3) is 0.962. The van der Waals surface area contributed by atoms with Gasteiger partial charge < -0.3 is 19.9 Å². The SMILES string of the molecule is CCCCCCCCCCCOC(=O)CCCCCN1CCC(NCCCN(C)C)C1. The largest absolute Gasteiger partial charge is 0.466 e. The maximum absolute atomic E-state index is 11.9. The average Bonchev–Trinajstić information content (AvgIpc) is 3.20. The number of carbonyl (C=O) groups is 1. The van der Waals surface area contributed by atoms with Gasteiger partial charge in [0.05, 0.1) is 6.61 Å². The fourth-order valence-electron chi connectivity index (χ4n) is 4.36. The van der Waals surface area contributed by atoms with E-state index in [2.05, 4.69) is 36.1 Å². The van der Waals surface area contributed by atoms with Crippen molar-refractivity contribution in [2.45, 2.75) is 109 Å². The van der Waals surface area contributed by atoms with Crippen LogP contribution in [-0.4, -0.2) is 75.2 Å². The molecule has 0 saturated carbocycles. The van der Waals surface area contributed by atoms with Gasteiger partial charge in [-0.3, -0.25) is 4.79 Å². The van der Waals surface area contributed by atoms with Crippen LogP contribution in [0.1, 0.15) is 103 Å². The van der Waals surface area contributed by atoms with E-state index in [0.717, 1.165) is 32.4 Å². The molecule has 0 aromatic rings. The van der Waals surface area contributed by atoms with Crippen LogP contribution in [0.5, 0.6) is 0 Å². The zero-order valence-corrected chi connectivity index (χ0v) is 21.1. The lowest BCUT2D eigenvalue weighted by molar-refractivity contribution is -0.143. The minimum atomic E-state index is 0.00252. The molecule has 5 nitrogen and oxygen atoms in total. The number of ether oxygens (including phenoxy) is 1. The number of esters is 1. The van der Waals surface area contributed by atoms with Crippen LogP contribution in [0.2, 0.25) is 0 Å². The molecular formula is C26H53N3O2. The summed E-state index contributed by atoms with van der Waals surface area (Å²) in [6.45, 7) is 8.73. The van der Waals surface area contributed by atoms with E-state index in [4.69, 9.17) is 4.74 Å². The first-order valence-corrected chi connectivity index (χ1v) is 13.4. The summed E-state index contributed by atoms with van der Waals surface area (Å²) in [5.41, 5.74) is 0. The minimum absolute atomic E-state index is 0.00252. The van der Waals surface area contributed by atoms with Crippen molar-refractivity contribution in [3.05, 3.63) is 0 Å². The predicted octanol–water partition coefficient (Wildman–Crippen LogP) is 5.24. The van der Waals surface area contributed by atoms with Crippen LogP contribution in [0, 0.1) is 0 Å². The van der Waals surface area contributed by atoms with Gasteiger partial charge in [0.1, 0.15) is 0 Å². The molecular weight excluding hydrogens is 386 g/mol. The van der Waals surface area contributed by atoms with Crippen LogP contribution in [0.3, 0.4) is 0 Å². The van der Waals surface area contributed by atoms with E-state index in [-0.39, 0.29) is 5.97 Å². The first kappa shape index (κ1) is 28.4. The molecule has 1 fully saturated rings. The third-order valence-corrected chi connectivity index (χ3v) is 6.35. The summed E-state index contributed by atoms with van der Waals surface area (Å²) in [5.74, 6) is 0.00252. The van der Waals surface area contributed by atoms with Gasteiger partial charge in [-0.05, 0) is 72.4 Å². The second kappa shape index (κ2) is 20.0. The maximum Gasteiger partial charge on any atom is 0.305 e. The van der Waals surface area contributed by atoms with Crippen molar-refractivity contribution >= 4 is 5.97 Å². The Bertz CT molecular complexity index is 417. The Labute approximate surface area is 193 Å². The van der Waals surface area contributed by atoms with Gasteiger partial charge in [-0.15, -0.1) is 0 Å². The summed E-state index contributed by atoms with van der Waals surface area (Å²) in [4.78, 5) is 16.7. The van der Waals surface area contributed by atoms with Crippen LogP contribution in [-0.2, 0) is 9.53 Å². The Morgan fingerprint density at radius 2 is 1.61 bits per heavy atom. The van der Waals surface area contributed by atoms with Crippen LogP contribution < -0.4 is 5.32 Å². The highest BCUT2D eigenvalue weighted by molar-refractivity contribution is 5.69. The lowest BCUT2D eigenvalue weighted by Crippen LogP contribution is -2.34. The molecule has 0 aromatic heterocycles. The highest BCUT2D eigenvalue weighted by atomic mass is 16.5. The topological polar surface area (TPSA) is 44.8 Å². The second-order valence-corrected chi connectivity index (χ2v) is 9.76. The Balaban J connectivity index is 1.83. The summed E-state index contributed by atoms with van der Waals surface area (Å²) < 4.78 is 5.40. The zero-order chi connectivity index (χ0) is 22.6. The summed E-state index contributed by atoms with van der Waals surface area (Å²) in [7, 11) is 4.27. The quantitative estimate of drug-likeness (QED) is 0.196. The first-order valence-electron chi connectivity index (χ1n) is 13.4. The number of nitrogens with zero attached hydrogens (tertiary/aromatic N) is 2. The van der Waals surface area contributed by atoms with Gasteiger partial charge in [-0.25, -0.2) is 0 Å². The van der Waals surface area contributed by atoms with Crippen LogP contribution in [0.15, 0.2) is 0 Å². The zero-order valence-electron chi connectivity index (χ0n) is 21.1. The normalized spacial score (nSPS) is 17.0. The molecule has 0 radical (unpaired) electrons. The lowest BCUT2D eigenvalue weighted by atomic mass is 10.1. The van der Waals surface area contributed by atoms with E-state index in [1.165, 1.54) is 90.3 Å². The smallest absolute Gasteiger partial charge is 0.305 e. The maximum atomic E-state index is 11.9. The number of carbonyl (C=O) groups excluding carboxylic acids is 1. The molecule has 1 aliphatic heterocycles. The highest BCUT2D eigenvalue weighted by Crippen LogP contribution is 2.12. The third kappa shape index (κ3) is 17.6. The van der Waals surface area contributed by atoms with Gasteiger partial charge in [0, 0.05) is 19.0 Å². The van der Waals surface area contributed by atoms with E-state index >= 15 is 0 Å². The molecule has 0 spiro atoms. The van der Waals surface area contributed by atoms with E-state index in [9.17, 15) is 4.79 Å². The Hall–Kier alpha value is -0.650. The molecule has 5 heteroatoms. The molecule has 1 rings (SSSR count). The predicted molar refractivity (Wildman–Crippen MR) is 133 cm³/mol. The molecule has 31 heavy (non-hydrogen) atoms. The Morgan fingerprint density at radius 3 is 2.32 bits per heavy atom. The molecule has 1 saturated heterocycles. The number of rotatable bonds is 21.